The number of carbonyl (C=O) groups excluding carboxylic acids is 1. The average Bonchev–Trinajstić information content (AvgIpc) is 3.04. The largest absolute Gasteiger partial charge is 0.487 e. The van der Waals surface area contributed by atoms with Crippen LogP contribution in [0.3, 0.4) is 0 Å². The molecule has 5 heteroatoms. The molecule has 2 heterocycles. The van der Waals surface area contributed by atoms with E-state index in [1.54, 1.807) is 17.4 Å². The SMILES string of the molecule is Cc1nc(COc2ccccc2/C=C/C(=O)N2CCCCC2)cs1. The summed E-state index contributed by atoms with van der Waals surface area (Å²) in [6.45, 7) is 4.15. The summed E-state index contributed by atoms with van der Waals surface area (Å²) in [6.07, 6.45) is 6.93. The summed E-state index contributed by atoms with van der Waals surface area (Å²) in [7, 11) is 0. The summed E-state index contributed by atoms with van der Waals surface area (Å²) in [5.41, 5.74) is 1.84. The normalized spacial score (nSPS) is 15.0. The minimum Gasteiger partial charge on any atom is -0.487 e. The third-order valence-electron chi connectivity index (χ3n) is 4.03. The topological polar surface area (TPSA) is 42.4 Å². The molecular formula is C19H22N2O2S. The molecule has 0 saturated carbocycles. The third kappa shape index (κ3) is 4.45. The number of aromatic nitrogens is 1. The summed E-state index contributed by atoms with van der Waals surface area (Å²) in [4.78, 5) is 18.6. The fraction of sp³-hybridized carbons (Fsp3) is 0.368. The van der Waals surface area contributed by atoms with Gasteiger partial charge in [0, 0.05) is 30.1 Å². The Labute approximate surface area is 146 Å². The first kappa shape index (κ1) is 16.7. The molecule has 1 aromatic carbocycles. The van der Waals surface area contributed by atoms with Crippen LogP contribution in [0.1, 0.15) is 35.5 Å². The number of carbonyl (C=O) groups is 1. The highest BCUT2D eigenvalue weighted by molar-refractivity contribution is 7.09. The first-order valence-electron chi connectivity index (χ1n) is 8.32. The summed E-state index contributed by atoms with van der Waals surface area (Å²) >= 11 is 1.62. The van der Waals surface area contributed by atoms with Gasteiger partial charge >= 0.3 is 0 Å². The first-order valence-corrected chi connectivity index (χ1v) is 9.20. The van der Waals surface area contributed by atoms with E-state index in [9.17, 15) is 4.79 Å². The summed E-state index contributed by atoms with van der Waals surface area (Å²) in [5, 5.41) is 3.04. The van der Waals surface area contributed by atoms with Gasteiger partial charge in [0.1, 0.15) is 12.4 Å². The molecule has 4 nitrogen and oxygen atoms in total. The van der Waals surface area contributed by atoms with Gasteiger partial charge in [0.05, 0.1) is 10.7 Å². The van der Waals surface area contributed by atoms with Gasteiger partial charge in [-0.05, 0) is 38.3 Å². The van der Waals surface area contributed by atoms with Crippen molar-refractivity contribution in [3.05, 3.63) is 52.0 Å². The Kier molecular flexibility index (Phi) is 5.64. The minimum absolute atomic E-state index is 0.0830. The van der Waals surface area contributed by atoms with Crippen LogP contribution < -0.4 is 4.74 Å². The fourth-order valence-electron chi connectivity index (χ4n) is 2.76. The van der Waals surface area contributed by atoms with Crippen LogP contribution in [0.15, 0.2) is 35.7 Å². The number of aryl methyl sites for hydroxylation is 1. The Morgan fingerprint density at radius 3 is 2.83 bits per heavy atom. The summed E-state index contributed by atoms with van der Waals surface area (Å²) in [5.74, 6) is 0.852. The van der Waals surface area contributed by atoms with Crippen LogP contribution in [0.4, 0.5) is 0 Å². The Morgan fingerprint density at radius 2 is 2.08 bits per heavy atom. The average molecular weight is 342 g/mol. The molecule has 2 aromatic rings. The molecule has 1 aromatic heterocycles. The maximum Gasteiger partial charge on any atom is 0.246 e. The number of nitrogens with zero attached hydrogens (tertiary/aromatic N) is 2. The molecule has 1 fully saturated rings. The van der Waals surface area contributed by atoms with Gasteiger partial charge in [-0.25, -0.2) is 4.98 Å². The highest BCUT2D eigenvalue weighted by Gasteiger charge is 2.13. The number of rotatable bonds is 5. The molecule has 0 N–H and O–H groups in total. The van der Waals surface area contributed by atoms with E-state index in [2.05, 4.69) is 4.98 Å². The molecule has 1 amide bonds. The molecule has 0 radical (unpaired) electrons. The number of ether oxygens (including phenoxy) is 1. The number of benzene rings is 1. The summed E-state index contributed by atoms with van der Waals surface area (Å²) in [6, 6.07) is 7.77. The van der Waals surface area contributed by atoms with Crippen LogP contribution in [0.25, 0.3) is 6.08 Å². The highest BCUT2D eigenvalue weighted by Crippen LogP contribution is 2.21. The van der Waals surface area contributed by atoms with Crippen LogP contribution >= 0.6 is 11.3 Å². The van der Waals surface area contributed by atoms with Gasteiger partial charge in [-0.3, -0.25) is 4.79 Å². The molecule has 0 atom stereocenters. The van der Waals surface area contributed by atoms with Gasteiger partial charge in [0.25, 0.3) is 0 Å². The number of piperidine rings is 1. The van der Waals surface area contributed by atoms with E-state index in [4.69, 9.17) is 4.74 Å². The van der Waals surface area contributed by atoms with Gasteiger partial charge in [-0.15, -0.1) is 11.3 Å². The molecule has 1 aliphatic heterocycles. The number of hydrogen-bond acceptors (Lipinski definition) is 4. The standard InChI is InChI=1S/C19H22N2O2S/c1-15-20-17(14-24-15)13-23-18-8-4-3-7-16(18)9-10-19(22)21-11-5-2-6-12-21/h3-4,7-10,14H,2,5-6,11-13H2,1H3/b10-9+. The number of thiazole rings is 1. The predicted octanol–water partition coefficient (Wildman–Crippen LogP) is 4.06. The zero-order valence-electron chi connectivity index (χ0n) is 13.9. The molecule has 1 aliphatic rings. The molecule has 126 valence electrons. The minimum atomic E-state index is 0.0830. The Hall–Kier alpha value is -2.14. The van der Waals surface area contributed by atoms with Gasteiger partial charge in [0.15, 0.2) is 0 Å². The van der Waals surface area contributed by atoms with Crippen molar-refractivity contribution in [1.29, 1.82) is 0 Å². The van der Waals surface area contributed by atoms with Gasteiger partial charge in [-0.2, -0.15) is 0 Å². The molecule has 0 bridgehead atoms. The lowest BCUT2D eigenvalue weighted by Gasteiger charge is -2.25. The van der Waals surface area contributed by atoms with E-state index < -0.39 is 0 Å². The fourth-order valence-corrected chi connectivity index (χ4v) is 3.35. The van der Waals surface area contributed by atoms with Crippen molar-refractivity contribution in [3.63, 3.8) is 0 Å². The van der Waals surface area contributed by atoms with Gasteiger partial charge in [-0.1, -0.05) is 18.2 Å². The maximum absolute atomic E-state index is 12.3. The highest BCUT2D eigenvalue weighted by atomic mass is 32.1. The molecule has 0 aliphatic carbocycles. The van der Waals surface area contributed by atoms with Crippen molar-refractivity contribution < 1.29 is 9.53 Å². The van der Waals surface area contributed by atoms with E-state index >= 15 is 0 Å². The lowest BCUT2D eigenvalue weighted by Crippen LogP contribution is -2.34. The Morgan fingerprint density at radius 1 is 1.29 bits per heavy atom. The quantitative estimate of drug-likeness (QED) is 0.770. The predicted molar refractivity (Wildman–Crippen MR) is 97.1 cm³/mol. The molecule has 1 saturated heterocycles. The smallest absolute Gasteiger partial charge is 0.246 e. The number of para-hydroxylation sites is 1. The first-order chi connectivity index (χ1) is 11.7. The van der Waals surface area contributed by atoms with Crippen molar-refractivity contribution >= 4 is 23.3 Å². The van der Waals surface area contributed by atoms with Crippen molar-refractivity contribution in [2.75, 3.05) is 13.1 Å². The zero-order valence-corrected chi connectivity index (χ0v) is 14.7. The lowest BCUT2D eigenvalue weighted by molar-refractivity contribution is -0.126. The van der Waals surface area contributed by atoms with E-state index in [0.717, 1.165) is 47.9 Å². The lowest BCUT2D eigenvalue weighted by atomic mass is 10.1. The van der Waals surface area contributed by atoms with Crippen LogP contribution in [0, 0.1) is 6.92 Å². The van der Waals surface area contributed by atoms with E-state index in [1.807, 2.05) is 47.5 Å². The van der Waals surface area contributed by atoms with Gasteiger partial charge < -0.3 is 9.64 Å². The number of hydrogen-bond donors (Lipinski definition) is 0. The second-order valence-electron chi connectivity index (χ2n) is 5.90. The van der Waals surface area contributed by atoms with Crippen LogP contribution in [0.2, 0.25) is 0 Å². The molecule has 3 rings (SSSR count). The zero-order chi connectivity index (χ0) is 16.8. The summed E-state index contributed by atoms with van der Waals surface area (Å²) < 4.78 is 5.88. The molecule has 0 spiro atoms. The molecule has 0 unspecified atom stereocenters. The number of likely N-dealkylation sites (tertiary alicyclic amines) is 1. The van der Waals surface area contributed by atoms with E-state index in [-0.39, 0.29) is 5.91 Å². The van der Waals surface area contributed by atoms with Crippen LogP contribution in [0.5, 0.6) is 5.75 Å². The van der Waals surface area contributed by atoms with Crippen molar-refractivity contribution in [1.82, 2.24) is 9.88 Å². The second-order valence-corrected chi connectivity index (χ2v) is 6.97. The third-order valence-corrected chi connectivity index (χ3v) is 4.86. The number of amides is 1. The molecular weight excluding hydrogens is 320 g/mol. The van der Waals surface area contributed by atoms with Gasteiger partial charge in [0.2, 0.25) is 5.91 Å². The van der Waals surface area contributed by atoms with Crippen molar-refractivity contribution in [2.45, 2.75) is 32.8 Å². The Balaban J connectivity index is 1.64. The monoisotopic (exact) mass is 342 g/mol. The van der Waals surface area contributed by atoms with E-state index in [1.165, 1.54) is 6.42 Å². The second kappa shape index (κ2) is 8.11. The maximum atomic E-state index is 12.3. The van der Waals surface area contributed by atoms with Crippen LogP contribution in [-0.4, -0.2) is 28.9 Å². The van der Waals surface area contributed by atoms with Crippen molar-refractivity contribution in [2.24, 2.45) is 0 Å². The van der Waals surface area contributed by atoms with E-state index in [0.29, 0.717) is 6.61 Å². The molecule has 24 heavy (non-hydrogen) atoms. The Bertz CT molecular complexity index is 718. The van der Waals surface area contributed by atoms with Crippen molar-refractivity contribution in [3.8, 4) is 5.75 Å². The van der Waals surface area contributed by atoms with Crippen LogP contribution in [-0.2, 0) is 11.4 Å².